The van der Waals surface area contributed by atoms with Crippen LogP contribution < -0.4 is 5.32 Å². The highest BCUT2D eigenvalue weighted by molar-refractivity contribution is 5.85. The van der Waals surface area contributed by atoms with Crippen LogP contribution in [-0.4, -0.2) is 61.6 Å². The summed E-state index contributed by atoms with van der Waals surface area (Å²) in [5.74, 6) is 0. The maximum Gasteiger partial charge on any atom is 0.0558 e. The molecule has 6 heteroatoms. The minimum Gasteiger partial charge on any atom is -0.395 e. The van der Waals surface area contributed by atoms with E-state index in [1.807, 2.05) is 11.9 Å². The van der Waals surface area contributed by atoms with Crippen LogP contribution in [0.4, 0.5) is 0 Å². The van der Waals surface area contributed by atoms with Crippen LogP contribution in [0, 0.1) is 0 Å². The molecule has 13 heavy (non-hydrogen) atoms. The molecule has 0 aliphatic carbocycles. The summed E-state index contributed by atoms with van der Waals surface area (Å²) in [6, 6.07) is 0. The number of hydrogen-bond acceptors (Lipinski definition) is 4. The van der Waals surface area contributed by atoms with E-state index in [-0.39, 0.29) is 38.0 Å². The molecular formula is C7H20Cl2N2O2. The summed E-state index contributed by atoms with van der Waals surface area (Å²) >= 11 is 0. The Labute approximate surface area is 92.1 Å². The largest absolute Gasteiger partial charge is 0.395 e. The van der Waals surface area contributed by atoms with Gasteiger partial charge in [0.15, 0.2) is 0 Å². The summed E-state index contributed by atoms with van der Waals surface area (Å²) in [7, 11) is 1.88. The third kappa shape index (κ3) is 12.4. The Hall–Kier alpha value is 0.420. The number of rotatable bonds is 7. The minimum atomic E-state index is 0. The minimum absolute atomic E-state index is 0. The average Bonchev–Trinajstić information content (AvgIpc) is 2.01. The third-order valence-corrected chi connectivity index (χ3v) is 1.51. The van der Waals surface area contributed by atoms with E-state index in [1.54, 1.807) is 0 Å². The van der Waals surface area contributed by atoms with Gasteiger partial charge in [-0.25, -0.2) is 0 Å². The zero-order valence-electron chi connectivity index (χ0n) is 7.90. The lowest BCUT2D eigenvalue weighted by Crippen LogP contribution is -2.35. The molecule has 0 aromatic heterocycles. The van der Waals surface area contributed by atoms with E-state index in [1.165, 1.54) is 0 Å². The summed E-state index contributed by atoms with van der Waals surface area (Å²) in [4.78, 5) is 2.01. The lowest BCUT2D eigenvalue weighted by atomic mass is 10.4. The SMILES string of the molecule is CNCCN(CCO)CCO.Cl.Cl. The second kappa shape index (κ2) is 14.9. The lowest BCUT2D eigenvalue weighted by molar-refractivity contribution is 0.162. The van der Waals surface area contributed by atoms with Crippen molar-refractivity contribution in [1.82, 2.24) is 10.2 Å². The van der Waals surface area contributed by atoms with Gasteiger partial charge in [0.2, 0.25) is 0 Å². The molecule has 0 rings (SSSR count). The summed E-state index contributed by atoms with van der Waals surface area (Å²) in [6.45, 7) is 3.36. The van der Waals surface area contributed by atoms with Crippen LogP contribution in [0.5, 0.6) is 0 Å². The second-order valence-corrected chi connectivity index (χ2v) is 2.39. The Morgan fingerprint density at radius 1 is 1.00 bits per heavy atom. The third-order valence-electron chi connectivity index (χ3n) is 1.51. The van der Waals surface area contributed by atoms with Crippen molar-refractivity contribution in [2.45, 2.75) is 0 Å². The maximum absolute atomic E-state index is 8.62. The van der Waals surface area contributed by atoms with Crippen molar-refractivity contribution in [2.75, 3.05) is 46.4 Å². The fourth-order valence-corrected chi connectivity index (χ4v) is 0.888. The molecule has 0 radical (unpaired) electrons. The van der Waals surface area contributed by atoms with Crippen LogP contribution in [0.15, 0.2) is 0 Å². The monoisotopic (exact) mass is 234 g/mol. The normalized spacial score (nSPS) is 9.23. The van der Waals surface area contributed by atoms with Crippen molar-refractivity contribution >= 4 is 24.8 Å². The van der Waals surface area contributed by atoms with Crippen LogP contribution in [0.3, 0.4) is 0 Å². The lowest BCUT2D eigenvalue weighted by Gasteiger charge is -2.19. The van der Waals surface area contributed by atoms with E-state index in [9.17, 15) is 0 Å². The summed E-state index contributed by atoms with van der Waals surface area (Å²) in [6.07, 6.45) is 0. The number of nitrogens with one attached hydrogen (secondary N) is 1. The van der Waals surface area contributed by atoms with Crippen LogP contribution in [0.25, 0.3) is 0 Å². The Morgan fingerprint density at radius 2 is 1.46 bits per heavy atom. The van der Waals surface area contributed by atoms with E-state index < -0.39 is 0 Å². The van der Waals surface area contributed by atoms with Gasteiger partial charge in [0, 0.05) is 26.2 Å². The molecule has 0 aromatic carbocycles. The number of hydrogen-bond donors (Lipinski definition) is 3. The molecule has 84 valence electrons. The summed E-state index contributed by atoms with van der Waals surface area (Å²) < 4.78 is 0. The molecule has 3 N–H and O–H groups in total. The van der Waals surface area contributed by atoms with Gasteiger partial charge < -0.3 is 15.5 Å². The molecule has 0 bridgehead atoms. The average molecular weight is 235 g/mol. The predicted molar refractivity (Wildman–Crippen MR) is 59.0 cm³/mol. The Balaban J connectivity index is -0.000000500. The molecule has 0 fully saturated rings. The van der Waals surface area contributed by atoms with Crippen molar-refractivity contribution in [1.29, 1.82) is 0 Å². The fourth-order valence-electron chi connectivity index (χ4n) is 0.888. The van der Waals surface area contributed by atoms with Crippen LogP contribution >= 0.6 is 24.8 Å². The number of nitrogens with zero attached hydrogens (tertiary/aromatic N) is 1. The van der Waals surface area contributed by atoms with Gasteiger partial charge in [-0.15, -0.1) is 24.8 Å². The molecule has 0 aliphatic heterocycles. The number of aliphatic hydroxyl groups is 2. The van der Waals surface area contributed by atoms with E-state index in [4.69, 9.17) is 10.2 Å². The first-order valence-corrected chi connectivity index (χ1v) is 3.93. The topological polar surface area (TPSA) is 55.7 Å². The van der Waals surface area contributed by atoms with Gasteiger partial charge in [-0.05, 0) is 7.05 Å². The first-order chi connectivity index (χ1) is 5.35. The van der Waals surface area contributed by atoms with Crippen molar-refractivity contribution in [3.05, 3.63) is 0 Å². The molecule has 0 aliphatic rings. The van der Waals surface area contributed by atoms with E-state index >= 15 is 0 Å². The fraction of sp³-hybridized carbons (Fsp3) is 1.00. The molecule has 0 atom stereocenters. The van der Waals surface area contributed by atoms with E-state index in [2.05, 4.69) is 5.32 Å². The predicted octanol–water partition coefficient (Wildman–Crippen LogP) is -0.664. The Kier molecular flexibility index (Phi) is 21.9. The van der Waals surface area contributed by atoms with Crippen molar-refractivity contribution in [3.63, 3.8) is 0 Å². The standard InChI is InChI=1S/C7H18N2O2.2ClH/c1-8-2-3-9(4-6-10)5-7-11;;/h8,10-11H,2-7H2,1H3;2*1H. The van der Waals surface area contributed by atoms with Crippen molar-refractivity contribution in [2.24, 2.45) is 0 Å². The van der Waals surface area contributed by atoms with Crippen LogP contribution in [0.1, 0.15) is 0 Å². The smallest absolute Gasteiger partial charge is 0.0558 e. The van der Waals surface area contributed by atoms with Gasteiger partial charge in [-0.1, -0.05) is 0 Å². The summed E-state index contributed by atoms with van der Waals surface area (Å²) in [5, 5.41) is 20.2. The van der Waals surface area contributed by atoms with Gasteiger partial charge in [-0.2, -0.15) is 0 Å². The number of likely N-dealkylation sites (N-methyl/N-ethyl adjacent to an activating group) is 1. The van der Waals surface area contributed by atoms with Gasteiger partial charge in [0.05, 0.1) is 13.2 Å². The highest BCUT2D eigenvalue weighted by Gasteiger charge is 2.00. The molecule has 0 saturated carbocycles. The molecule has 0 aromatic rings. The molecule has 0 unspecified atom stereocenters. The Bertz CT molecular complexity index is 82.9. The molecule has 4 nitrogen and oxygen atoms in total. The molecular weight excluding hydrogens is 215 g/mol. The number of halogens is 2. The van der Waals surface area contributed by atoms with E-state index in [0.717, 1.165) is 13.1 Å². The molecule has 0 heterocycles. The van der Waals surface area contributed by atoms with Crippen molar-refractivity contribution in [3.8, 4) is 0 Å². The van der Waals surface area contributed by atoms with Gasteiger partial charge in [0.25, 0.3) is 0 Å². The maximum atomic E-state index is 8.62. The van der Waals surface area contributed by atoms with Crippen molar-refractivity contribution < 1.29 is 10.2 Å². The summed E-state index contributed by atoms with van der Waals surface area (Å²) in [5.41, 5.74) is 0. The van der Waals surface area contributed by atoms with E-state index in [0.29, 0.717) is 13.1 Å². The number of aliphatic hydroxyl groups excluding tert-OH is 2. The highest BCUT2D eigenvalue weighted by Crippen LogP contribution is 1.84. The zero-order chi connectivity index (χ0) is 8.53. The first-order valence-electron chi connectivity index (χ1n) is 3.93. The second-order valence-electron chi connectivity index (χ2n) is 2.39. The molecule has 0 saturated heterocycles. The van der Waals surface area contributed by atoms with Crippen LogP contribution in [0.2, 0.25) is 0 Å². The quantitative estimate of drug-likeness (QED) is 0.548. The van der Waals surface area contributed by atoms with Gasteiger partial charge in [0.1, 0.15) is 0 Å². The van der Waals surface area contributed by atoms with Gasteiger partial charge in [-0.3, -0.25) is 4.90 Å². The highest BCUT2D eigenvalue weighted by atomic mass is 35.5. The molecule has 0 spiro atoms. The first kappa shape index (κ1) is 19.1. The molecule has 0 amide bonds. The van der Waals surface area contributed by atoms with Crippen LogP contribution in [-0.2, 0) is 0 Å². The zero-order valence-corrected chi connectivity index (χ0v) is 9.53. The van der Waals surface area contributed by atoms with Gasteiger partial charge >= 0.3 is 0 Å². The Morgan fingerprint density at radius 3 is 1.77 bits per heavy atom.